The van der Waals surface area contributed by atoms with Gasteiger partial charge in [0.2, 0.25) is 11.8 Å². The summed E-state index contributed by atoms with van der Waals surface area (Å²) in [6.07, 6.45) is 1.10. The monoisotopic (exact) mass is 340 g/mol. The van der Waals surface area contributed by atoms with Gasteiger partial charge in [-0.05, 0) is 37.4 Å². The van der Waals surface area contributed by atoms with Crippen molar-refractivity contribution in [2.45, 2.75) is 26.7 Å². The number of nitrogens with zero attached hydrogens (tertiary/aromatic N) is 1. The highest BCUT2D eigenvalue weighted by molar-refractivity contribution is 7.10. The van der Waals surface area contributed by atoms with Crippen molar-refractivity contribution in [1.82, 2.24) is 10.3 Å². The largest absolute Gasteiger partial charge is 0.441 e. The third-order valence-electron chi connectivity index (χ3n) is 3.79. The molecule has 4 nitrogen and oxygen atoms in total. The van der Waals surface area contributed by atoms with Gasteiger partial charge >= 0.3 is 0 Å². The Morgan fingerprint density at radius 3 is 2.71 bits per heavy atom. The minimum absolute atomic E-state index is 0.0392. The topological polar surface area (TPSA) is 55.1 Å². The Morgan fingerprint density at radius 1 is 1.21 bits per heavy atom. The van der Waals surface area contributed by atoms with Crippen LogP contribution in [-0.4, -0.2) is 17.4 Å². The van der Waals surface area contributed by atoms with Gasteiger partial charge in [-0.15, -0.1) is 11.3 Å². The van der Waals surface area contributed by atoms with Gasteiger partial charge in [-0.3, -0.25) is 4.79 Å². The van der Waals surface area contributed by atoms with Crippen molar-refractivity contribution in [3.63, 3.8) is 0 Å². The first kappa shape index (κ1) is 16.5. The maximum absolute atomic E-state index is 11.9. The number of oxazole rings is 1. The number of amides is 1. The Kier molecular flexibility index (Phi) is 5.11. The van der Waals surface area contributed by atoms with Gasteiger partial charge in [0.1, 0.15) is 5.76 Å². The zero-order valence-electron chi connectivity index (χ0n) is 13.8. The lowest BCUT2D eigenvalue weighted by atomic mass is 10.1. The molecule has 3 rings (SSSR count). The molecule has 0 fully saturated rings. The normalized spacial score (nSPS) is 10.8. The van der Waals surface area contributed by atoms with Crippen LogP contribution in [0.1, 0.15) is 21.9 Å². The molecule has 0 atom stereocenters. The molecule has 5 heteroatoms. The number of carbonyl (C=O) groups excluding carboxylic acids is 1. The Hall–Kier alpha value is -2.40. The van der Waals surface area contributed by atoms with Crippen molar-refractivity contribution >= 4 is 17.2 Å². The third-order valence-corrected chi connectivity index (χ3v) is 4.67. The number of hydrogen-bond acceptors (Lipinski definition) is 4. The predicted octanol–water partition coefficient (Wildman–Crippen LogP) is 3.92. The summed E-state index contributed by atoms with van der Waals surface area (Å²) in [5.41, 5.74) is 3.06. The van der Waals surface area contributed by atoms with E-state index in [2.05, 4.69) is 17.2 Å². The maximum atomic E-state index is 11.9. The van der Waals surface area contributed by atoms with Crippen LogP contribution in [0.25, 0.3) is 11.5 Å². The van der Waals surface area contributed by atoms with E-state index in [1.165, 1.54) is 5.56 Å². The molecule has 0 aliphatic heterocycles. The molecule has 0 aliphatic carbocycles. The number of benzene rings is 1. The lowest BCUT2D eigenvalue weighted by molar-refractivity contribution is -0.120. The SMILES string of the molecule is Cc1ccc(-c2nc(CCNC(=O)Cc3cccs3)c(C)o2)cc1. The molecule has 0 bridgehead atoms. The first-order chi connectivity index (χ1) is 11.6. The Labute approximate surface area is 145 Å². The van der Waals surface area contributed by atoms with Crippen molar-refractivity contribution in [3.05, 3.63) is 63.7 Å². The molecule has 2 aromatic heterocycles. The summed E-state index contributed by atoms with van der Waals surface area (Å²) in [5.74, 6) is 1.47. The van der Waals surface area contributed by atoms with Gasteiger partial charge in [-0.25, -0.2) is 4.98 Å². The van der Waals surface area contributed by atoms with E-state index in [4.69, 9.17) is 4.42 Å². The first-order valence-corrected chi connectivity index (χ1v) is 8.82. The standard InChI is InChI=1S/C19H20N2O2S/c1-13-5-7-15(8-6-13)19-21-17(14(2)23-19)9-10-20-18(22)12-16-4-3-11-24-16/h3-8,11H,9-10,12H2,1-2H3,(H,20,22). The molecule has 2 heterocycles. The molecule has 0 saturated carbocycles. The van der Waals surface area contributed by atoms with Crippen molar-refractivity contribution in [1.29, 1.82) is 0 Å². The van der Waals surface area contributed by atoms with Crippen LogP contribution in [0.15, 0.2) is 46.2 Å². The van der Waals surface area contributed by atoms with Gasteiger partial charge in [0.05, 0.1) is 12.1 Å². The molecule has 0 radical (unpaired) electrons. The molecule has 0 saturated heterocycles. The fourth-order valence-electron chi connectivity index (χ4n) is 2.43. The Bertz CT molecular complexity index is 805. The van der Waals surface area contributed by atoms with E-state index in [-0.39, 0.29) is 5.91 Å². The molecule has 124 valence electrons. The summed E-state index contributed by atoms with van der Waals surface area (Å²) in [6.45, 7) is 4.52. The van der Waals surface area contributed by atoms with Gasteiger partial charge in [0.15, 0.2) is 0 Å². The minimum Gasteiger partial charge on any atom is -0.441 e. The lowest BCUT2D eigenvalue weighted by Crippen LogP contribution is -2.27. The molecule has 0 unspecified atom stereocenters. The summed E-state index contributed by atoms with van der Waals surface area (Å²) in [5, 5.41) is 4.92. The second-order valence-electron chi connectivity index (χ2n) is 5.74. The molecule has 0 aliphatic rings. The molecule has 3 aromatic rings. The molecule has 1 amide bonds. The highest BCUT2D eigenvalue weighted by atomic mass is 32.1. The number of aryl methyl sites for hydroxylation is 2. The number of rotatable bonds is 6. The van der Waals surface area contributed by atoms with E-state index in [0.717, 1.165) is 21.9 Å². The Balaban J connectivity index is 1.56. The summed E-state index contributed by atoms with van der Waals surface area (Å²) in [4.78, 5) is 17.5. The van der Waals surface area contributed by atoms with Gasteiger partial charge < -0.3 is 9.73 Å². The van der Waals surface area contributed by atoms with Crippen LogP contribution in [0, 0.1) is 13.8 Å². The van der Waals surface area contributed by atoms with Crippen LogP contribution in [0.4, 0.5) is 0 Å². The number of nitrogens with one attached hydrogen (secondary N) is 1. The molecule has 1 aromatic carbocycles. The zero-order chi connectivity index (χ0) is 16.9. The van der Waals surface area contributed by atoms with Gasteiger partial charge in [-0.2, -0.15) is 0 Å². The second kappa shape index (κ2) is 7.45. The van der Waals surface area contributed by atoms with E-state index < -0.39 is 0 Å². The number of carbonyl (C=O) groups is 1. The Morgan fingerprint density at radius 2 is 2.00 bits per heavy atom. The summed E-state index contributed by atoms with van der Waals surface area (Å²) >= 11 is 1.60. The minimum atomic E-state index is 0.0392. The lowest BCUT2D eigenvalue weighted by Gasteiger charge is -2.02. The smallest absolute Gasteiger partial charge is 0.226 e. The summed E-state index contributed by atoms with van der Waals surface area (Å²) < 4.78 is 5.76. The van der Waals surface area contributed by atoms with E-state index in [9.17, 15) is 4.79 Å². The van der Waals surface area contributed by atoms with E-state index >= 15 is 0 Å². The van der Waals surface area contributed by atoms with Crippen LogP contribution in [0.5, 0.6) is 0 Å². The van der Waals surface area contributed by atoms with Crippen molar-refractivity contribution in [3.8, 4) is 11.5 Å². The van der Waals surface area contributed by atoms with Crippen molar-refractivity contribution in [2.75, 3.05) is 6.54 Å². The zero-order valence-corrected chi connectivity index (χ0v) is 14.7. The van der Waals surface area contributed by atoms with Gasteiger partial charge in [0, 0.05) is 23.4 Å². The fourth-order valence-corrected chi connectivity index (χ4v) is 3.14. The van der Waals surface area contributed by atoms with Crippen LogP contribution in [0.2, 0.25) is 0 Å². The van der Waals surface area contributed by atoms with E-state index in [0.29, 0.717) is 25.3 Å². The average molecular weight is 340 g/mol. The van der Waals surface area contributed by atoms with E-state index in [1.807, 2.05) is 48.7 Å². The van der Waals surface area contributed by atoms with Crippen LogP contribution >= 0.6 is 11.3 Å². The van der Waals surface area contributed by atoms with Crippen LogP contribution < -0.4 is 5.32 Å². The molecular weight excluding hydrogens is 320 g/mol. The highest BCUT2D eigenvalue weighted by Gasteiger charge is 2.12. The van der Waals surface area contributed by atoms with Crippen molar-refractivity contribution < 1.29 is 9.21 Å². The summed E-state index contributed by atoms with van der Waals surface area (Å²) in [6, 6.07) is 12.0. The number of hydrogen-bond donors (Lipinski definition) is 1. The maximum Gasteiger partial charge on any atom is 0.226 e. The number of aromatic nitrogens is 1. The molecule has 0 spiro atoms. The first-order valence-electron chi connectivity index (χ1n) is 7.94. The number of thiophene rings is 1. The predicted molar refractivity (Wildman–Crippen MR) is 96.1 cm³/mol. The van der Waals surface area contributed by atoms with Gasteiger partial charge in [-0.1, -0.05) is 23.8 Å². The van der Waals surface area contributed by atoms with E-state index in [1.54, 1.807) is 11.3 Å². The average Bonchev–Trinajstić information content (AvgIpc) is 3.18. The summed E-state index contributed by atoms with van der Waals surface area (Å²) in [7, 11) is 0. The second-order valence-corrected chi connectivity index (χ2v) is 6.78. The quantitative estimate of drug-likeness (QED) is 0.740. The van der Waals surface area contributed by atoms with Crippen LogP contribution in [0.3, 0.4) is 0 Å². The molecule has 24 heavy (non-hydrogen) atoms. The highest BCUT2D eigenvalue weighted by Crippen LogP contribution is 2.22. The molecule has 1 N–H and O–H groups in total. The van der Waals surface area contributed by atoms with Gasteiger partial charge in [0.25, 0.3) is 0 Å². The third kappa shape index (κ3) is 4.11. The van der Waals surface area contributed by atoms with Crippen LogP contribution in [-0.2, 0) is 17.6 Å². The van der Waals surface area contributed by atoms with Crippen molar-refractivity contribution in [2.24, 2.45) is 0 Å². The fraction of sp³-hybridized carbons (Fsp3) is 0.263. The molecular formula is C19H20N2O2S.